The summed E-state index contributed by atoms with van der Waals surface area (Å²) in [7, 11) is 1.74. The summed E-state index contributed by atoms with van der Waals surface area (Å²) in [6.45, 7) is 1.02. The van der Waals surface area contributed by atoms with Crippen molar-refractivity contribution < 1.29 is 14.8 Å². The Bertz CT molecular complexity index is 568. The van der Waals surface area contributed by atoms with E-state index >= 15 is 0 Å². The SMILES string of the molecule is CN(CC1(O)CCCC1)C(=O)CCCNc1ccc([N+](=O)[O-])cc1. The minimum Gasteiger partial charge on any atom is -0.388 e. The van der Waals surface area contributed by atoms with Gasteiger partial charge < -0.3 is 15.3 Å². The molecule has 0 aliphatic heterocycles. The van der Waals surface area contributed by atoms with Gasteiger partial charge in [0.1, 0.15) is 0 Å². The lowest BCUT2D eigenvalue weighted by Gasteiger charge is -2.28. The number of aliphatic hydroxyl groups is 1. The molecule has 2 N–H and O–H groups in total. The molecular weight excluding hydrogens is 310 g/mol. The molecule has 1 aliphatic carbocycles. The fraction of sp³-hybridized carbons (Fsp3) is 0.588. The summed E-state index contributed by atoms with van der Waals surface area (Å²) >= 11 is 0. The van der Waals surface area contributed by atoms with Crippen LogP contribution < -0.4 is 5.32 Å². The van der Waals surface area contributed by atoms with E-state index in [0.29, 0.717) is 25.9 Å². The maximum atomic E-state index is 12.1. The van der Waals surface area contributed by atoms with E-state index < -0.39 is 10.5 Å². The minimum atomic E-state index is -0.707. The highest BCUT2D eigenvalue weighted by molar-refractivity contribution is 5.76. The Balaban J connectivity index is 1.67. The standard InChI is InChI=1S/C17H25N3O4/c1-19(13-17(22)10-2-3-11-17)16(21)5-4-12-18-14-6-8-15(9-7-14)20(23)24/h6-9,18,22H,2-5,10-13H2,1H3. The highest BCUT2D eigenvalue weighted by Crippen LogP contribution is 2.30. The van der Waals surface area contributed by atoms with Crippen LogP contribution in [0.15, 0.2) is 24.3 Å². The normalized spacial score (nSPS) is 15.9. The van der Waals surface area contributed by atoms with Gasteiger partial charge in [0.15, 0.2) is 0 Å². The van der Waals surface area contributed by atoms with Gasteiger partial charge in [0.05, 0.1) is 10.5 Å². The number of rotatable bonds is 8. The molecule has 0 bridgehead atoms. The van der Waals surface area contributed by atoms with Crippen LogP contribution in [0.1, 0.15) is 38.5 Å². The van der Waals surface area contributed by atoms with Crippen molar-refractivity contribution in [2.45, 2.75) is 44.1 Å². The van der Waals surface area contributed by atoms with Crippen LogP contribution in [0.2, 0.25) is 0 Å². The van der Waals surface area contributed by atoms with Crippen molar-refractivity contribution in [1.82, 2.24) is 4.90 Å². The highest BCUT2D eigenvalue weighted by Gasteiger charge is 2.33. The number of nitro benzene ring substituents is 1. The van der Waals surface area contributed by atoms with E-state index in [1.807, 2.05) is 0 Å². The van der Waals surface area contributed by atoms with Gasteiger partial charge in [0, 0.05) is 44.4 Å². The maximum Gasteiger partial charge on any atom is 0.269 e. The number of nitro groups is 1. The molecule has 0 saturated heterocycles. The molecule has 1 aromatic carbocycles. The minimum absolute atomic E-state index is 0.0285. The Kier molecular flexibility index (Phi) is 6.14. The second-order valence-corrected chi connectivity index (χ2v) is 6.52. The average molecular weight is 335 g/mol. The van der Waals surface area contributed by atoms with Crippen molar-refractivity contribution in [3.8, 4) is 0 Å². The monoisotopic (exact) mass is 335 g/mol. The Morgan fingerprint density at radius 3 is 2.54 bits per heavy atom. The first kappa shape index (κ1) is 18.2. The first-order valence-electron chi connectivity index (χ1n) is 8.34. The number of likely N-dealkylation sites (N-methyl/N-ethyl adjacent to an activating group) is 1. The van der Waals surface area contributed by atoms with Crippen molar-refractivity contribution >= 4 is 17.3 Å². The number of amides is 1. The Morgan fingerprint density at radius 2 is 1.96 bits per heavy atom. The number of hydrogen-bond acceptors (Lipinski definition) is 5. The van der Waals surface area contributed by atoms with Crippen molar-refractivity contribution in [2.24, 2.45) is 0 Å². The quantitative estimate of drug-likeness (QED) is 0.432. The van der Waals surface area contributed by atoms with E-state index in [1.165, 1.54) is 12.1 Å². The van der Waals surface area contributed by atoms with Crippen LogP contribution in [0.3, 0.4) is 0 Å². The fourth-order valence-corrected chi connectivity index (χ4v) is 3.09. The zero-order chi connectivity index (χ0) is 17.6. The summed E-state index contributed by atoms with van der Waals surface area (Å²) in [6, 6.07) is 6.20. The van der Waals surface area contributed by atoms with Crippen LogP contribution in [-0.2, 0) is 4.79 Å². The lowest BCUT2D eigenvalue weighted by molar-refractivity contribution is -0.384. The number of anilines is 1. The number of non-ortho nitro benzene ring substituents is 1. The molecule has 132 valence electrons. The summed E-state index contributed by atoms with van der Waals surface area (Å²) in [6.07, 6.45) is 4.67. The van der Waals surface area contributed by atoms with Crippen LogP contribution in [0.25, 0.3) is 0 Å². The number of carbonyl (C=O) groups is 1. The molecule has 1 aliphatic rings. The summed E-state index contributed by atoms with van der Waals surface area (Å²) < 4.78 is 0. The van der Waals surface area contributed by atoms with Crippen LogP contribution >= 0.6 is 0 Å². The topological polar surface area (TPSA) is 95.7 Å². The zero-order valence-corrected chi connectivity index (χ0v) is 14.0. The van der Waals surface area contributed by atoms with Crippen molar-refractivity contribution in [1.29, 1.82) is 0 Å². The molecule has 0 atom stereocenters. The van der Waals surface area contributed by atoms with Crippen LogP contribution in [0, 0.1) is 10.1 Å². The molecule has 1 fully saturated rings. The second kappa shape index (κ2) is 8.10. The van der Waals surface area contributed by atoms with Crippen molar-refractivity contribution in [3.63, 3.8) is 0 Å². The number of hydrogen-bond donors (Lipinski definition) is 2. The molecule has 24 heavy (non-hydrogen) atoms. The van der Waals surface area contributed by atoms with Gasteiger partial charge in [0.2, 0.25) is 5.91 Å². The fourth-order valence-electron chi connectivity index (χ4n) is 3.09. The molecule has 0 radical (unpaired) electrons. The van der Waals surface area contributed by atoms with Gasteiger partial charge in [-0.05, 0) is 31.4 Å². The van der Waals surface area contributed by atoms with E-state index in [4.69, 9.17) is 0 Å². The third kappa shape index (κ3) is 5.19. The van der Waals surface area contributed by atoms with Gasteiger partial charge in [-0.15, -0.1) is 0 Å². The third-order valence-electron chi connectivity index (χ3n) is 4.47. The molecule has 0 unspecified atom stereocenters. The van der Waals surface area contributed by atoms with Crippen LogP contribution in [0.5, 0.6) is 0 Å². The Labute approximate surface area is 141 Å². The zero-order valence-electron chi connectivity index (χ0n) is 14.0. The van der Waals surface area contributed by atoms with Gasteiger partial charge in [-0.2, -0.15) is 0 Å². The molecule has 1 amide bonds. The molecule has 1 saturated carbocycles. The first-order valence-corrected chi connectivity index (χ1v) is 8.34. The largest absolute Gasteiger partial charge is 0.388 e. The molecule has 7 nitrogen and oxygen atoms in total. The highest BCUT2D eigenvalue weighted by atomic mass is 16.6. The average Bonchev–Trinajstić information content (AvgIpc) is 2.97. The summed E-state index contributed by atoms with van der Waals surface area (Å²) in [5.74, 6) is 0.0285. The third-order valence-corrected chi connectivity index (χ3v) is 4.47. The number of nitrogens with zero attached hydrogens (tertiary/aromatic N) is 2. The molecule has 0 spiro atoms. The van der Waals surface area contributed by atoms with Crippen LogP contribution in [0.4, 0.5) is 11.4 Å². The van der Waals surface area contributed by atoms with E-state index in [1.54, 1.807) is 24.1 Å². The summed E-state index contributed by atoms with van der Waals surface area (Å²) in [4.78, 5) is 23.9. The van der Waals surface area contributed by atoms with Gasteiger partial charge in [0.25, 0.3) is 5.69 Å². The van der Waals surface area contributed by atoms with Gasteiger partial charge >= 0.3 is 0 Å². The smallest absolute Gasteiger partial charge is 0.269 e. The molecule has 7 heteroatoms. The van der Waals surface area contributed by atoms with E-state index in [9.17, 15) is 20.0 Å². The molecule has 0 aromatic heterocycles. The molecular formula is C17H25N3O4. The van der Waals surface area contributed by atoms with Crippen molar-refractivity contribution in [3.05, 3.63) is 34.4 Å². The lowest BCUT2D eigenvalue weighted by atomic mass is 10.0. The molecule has 1 aromatic rings. The molecule has 0 heterocycles. The van der Waals surface area contributed by atoms with Gasteiger partial charge in [-0.1, -0.05) is 12.8 Å². The van der Waals surface area contributed by atoms with Crippen molar-refractivity contribution in [2.75, 3.05) is 25.5 Å². The first-order chi connectivity index (χ1) is 11.4. The maximum absolute atomic E-state index is 12.1. The summed E-state index contributed by atoms with van der Waals surface area (Å²) in [5.41, 5.74) is 0.144. The van der Waals surface area contributed by atoms with Crippen LogP contribution in [-0.4, -0.2) is 46.6 Å². The predicted octanol–water partition coefficient (Wildman–Crippen LogP) is 2.55. The number of carbonyl (C=O) groups excluding carboxylic acids is 1. The Hall–Kier alpha value is -2.15. The van der Waals surface area contributed by atoms with E-state index in [-0.39, 0.29) is 11.6 Å². The lowest BCUT2D eigenvalue weighted by Crippen LogP contribution is -2.42. The second-order valence-electron chi connectivity index (χ2n) is 6.52. The number of benzene rings is 1. The van der Waals surface area contributed by atoms with E-state index in [0.717, 1.165) is 31.4 Å². The number of nitrogens with one attached hydrogen (secondary N) is 1. The predicted molar refractivity (Wildman–Crippen MR) is 91.9 cm³/mol. The Morgan fingerprint density at radius 1 is 1.33 bits per heavy atom. The van der Waals surface area contributed by atoms with E-state index in [2.05, 4.69) is 5.32 Å². The van der Waals surface area contributed by atoms with Gasteiger partial charge in [-0.25, -0.2) is 0 Å². The van der Waals surface area contributed by atoms with Gasteiger partial charge in [-0.3, -0.25) is 14.9 Å². The summed E-state index contributed by atoms with van der Waals surface area (Å²) in [5, 5.41) is 24.1. The molecule has 2 rings (SSSR count).